The summed E-state index contributed by atoms with van der Waals surface area (Å²) in [6, 6.07) is 0. The van der Waals surface area contributed by atoms with Crippen molar-refractivity contribution in [2.45, 2.75) is 52.4 Å². The fourth-order valence-electron chi connectivity index (χ4n) is 3.73. The highest BCUT2D eigenvalue weighted by atomic mass is 15.2. The zero-order chi connectivity index (χ0) is 13.0. The van der Waals surface area contributed by atoms with E-state index in [4.69, 9.17) is 0 Å². The van der Waals surface area contributed by atoms with Gasteiger partial charge in [0.15, 0.2) is 0 Å². The molecule has 0 saturated carbocycles. The van der Waals surface area contributed by atoms with Crippen LogP contribution >= 0.6 is 0 Å². The molecule has 2 fully saturated rings. The van der Waals surface area contributed by atoms with Crippen molar-refractivity contribution in [1.29, 1.82) is 0 Å². The number of likely N-dealkylation sites (tertiary alicyclic amines) is 2. The first-order chi connectivity index (χ1) is 8.60. The monoisotopic (exact) mass is 252 g/mol. The van der Waals surface area contributed by atoms with Gasteiger partial charge in [0.1, 0.15) is 0 Å². The van der Waals surface area contributed by atoms with Gasteiger partial charge >= 0.3 is 0 Å². The maximum absolute atomic E-state index is 2.76. The van der Waals surface area contributed by atoms with E-state index < -0.39 is 0 Å². The molecule has 18 heavy (non-hydrogen) atoms. The van der Waals surface area contributed by atoms with Crippen LogP contribution in [0.25, 0.3) is 0 Å². The second-order valence-electron chi connectivity index (χ2n) is 7.22. The Morgan fingerprint density at radius 2 is 1.78 bits per heavy atom. The smallest absolute Gasteiger partial charge is 0.00389 e. The second kappa shape index (κ2) is 6.38. The summed E-state index contributed by atoms with van der Waals surface area (Å²) in [5.74, 6) is 0.868. The van der Waals surface area contributed by atoms with Crippen molar-refractivity contribution in [1.82, 2.24) is 9.80 Å². The van der Waals surface area contributed by atoms with Gasteiger partial charge in [-0.05, 0) is 83.1 Å². The van der Waals surface area contributed by atoms with Gasteiger partial charge in [-0.15, -0.1) is 0 Å². The van der Waals surface area contributed by atoms with E-state index in [0.717, 1.165) is 5.92 Å². The van der Waals surface area contributed by atoms with Gasteiger partial charge in [0.2, 0.25) is 0 Å². The Balaban J connectivity index is 1.77. The third kappa shape index (κ3) is 3.96. The summed E-state index contributed by atoms with van der Waals surface area (Å²) in [5, 5.41) is 0. The van der Waals surface area contributed by atoms with Crippen LogP contribution in [0, 0.1) is 11.3 Å². The predicted octanol–water partition coefficient (Wildman–Crippen LogP) is 3.23. The quantitative estimate of drug-likeness (QED) is 0.758. The lowest BCUT2D eigenvalue weighted by atomic mass is 9.72. The third-order valence-corrected chi connectivity index (χ3v) is 5.04. The molecule has 2 saturated heterocycles. The topological polar surface area (TPSA) is 6.48 Å². The third-order valence-electron chi connectivity index (χ3n) is 5.04. The molecule has 0 radical (unpaired) electrons. The van der Waals surface area contributed by atoms with Gasteiger partial charge in [0.05, 0.1) is 0 Å². The maximum atomic E-state index is 2.76. The number of hydrogen-bond acceptors (Lipinski definition) is 2. The van der Waals surface area contributed by atoms with E-state index in [1.807, 2.05) is 0 Å². The molecule has 0 aromatic rings. The minimum atomic E-state index is 0.683. The van der Waals surface area contributed by atoms with Crippen LogP contribution < -0.4 is 0 Å². The van der Waals surface area contributed by atoms with E-state index in [0.29, 0.717) is 5.41 Å². The van der Waals surface area contributed by atoms with Gasteiger partial charge in [-0.1, -0.05) is 13.8 Å². The highest BCUT2D eigenvalue weighted by molar-refractivity contribution is 4.91. The Labute approximate surface area is 114 Å². The highest BCUT2D eigenvalue weighted by Gasteiger charge is 2.37. The summed E-state index contributed by atoms with van der Waals surface area (Å²) in [6.07, 6.45) is 8.58. The first kappa shape index (κ1) is 14.3. The average molecular weight is 252 g/mol. The van der Waals surface area contributed by atoms with E-state index in [9.17, 15) is 0 Å². The standard InChI is InChI=1S/C16H32N2/c1-15(2)6-4-10-18-11-5-7-16(14-18)8-12-17(3)13-9-16/h15H,4-14H2,1-3H3. The van der Waals surface area contributed by atoms with E-state index in [1.54, 1.807) is 0 Å². The Bertz CT molecular complexity index is 241. The molecule has 2 aliphatic rings. The summed E-state index contributed by atoms with van der Waals surface area (Å²) in [4.78, 5) is 5.26. The van der Waals surface area contributed by atoms with Crippen molar-refractivity contribution in [2.75, 3.05) is 39.8 Å². The number of piperidine rings is 2. The fraction of sp³-hybridized carbons (Fsp3) is 1.00. The summed E-state index contributed by atoms with van der Waals surface area (Å²) in [7, 11) is 2.27. The van der Waals surface area contributed by atoms with Gasteiger partial charge in [-0.2, -0.15) is 0 Å². The Hall–Kier alpha value is -0.0800. The molecule has 2 rings (SSSR count). The minimum absolute atomic E-state index is 0.683. The molecule has 0 aromatic carbocycles. The van der Waals surface area contributed by atoms with Crippen LogP contribution in [0.3, 0.4) is 0 Å². The van der Waals surface area contributed by atoms with Crippen LogP contribution in [0.4, 0.5) is 0 Å². The predicted molar refractivity (Wildman–Crippen MR) is 78.9 cm³/mol. The number of rotatable bonds is 4. The van der Waals surface area contributed by atoms with E-state index in [2.05, 4.69) is 30.7 Å². The van der Waals surface area contributed by atoms with Crippen LogP contribution in [-0.4, -0.2) is 49.6 Å². The molecular formula is C16H32N2. The highest BCUT2D eigenvalue weighted by Crippen LogP contribution is 2.39. The zero-order valence-electron chi connectivity index (χ0n) is 12.7. The molecule has 0 amide bonds. The largest absolute Gasteiger partial charge is 0.306 e. The van der Waals surface area contributed by atoms with Gasteiger partial charge < -0.3 is 9.80 Å². The maximum Gasteiger partial charge on any atom is 0.00389 e. The average Bonchev–Trinajstić information content (AvgIpc) is 2.33. The van der Waals surface area contributed by atoms with Crippen molar-refractivity contribution >= 4 is 0 Å². The van der Waals surface area contributed by atoms with E-state index in [1.165, 1.54) is 71.2 Å². The second-order valence-corrected chi connectivity index (χ2v) is 7.22. The Kier molecular flexibility index (Phi) is 5.08. The van der Waals surface area contributed by atoms with Gasteiger partial charge in [-0.3, -0.25) is 0 Å². The van der Waals surface area contributed by atoms with Crippen molar-refractivity contribution in [2.24, 2.45) is 11.3 Å². The van der Waals surface area contributed by atoms with Crippen LogP contribution in [0.15, 0.2) is 0 Å². The molecule has 2 heteroatoms. The van der Waals surface area contributed by atoms with Crippen molar-refractivity contribution in [3.63, 3.8) is 0 Å². The Morgan fingerprint density at radius 1 is 1.06 bits per heavy atom. The molecular weight excluding hydrogens is 220 g/mol. The molecule has 2 aliphatic heterocycles. The van der Waals surface area contributed by atoms with Crippen LogP contribution in [-0.2, 0) is 0 Å². The molecule has 1 spiro atoms. The summed E-state index contributed by atoms with van der Waals surface area (Å²) >= 11 is 0. The molecule has 0 bridgehead atoms. The van der Waals surface area contributed by atoms with Crippen molar-refractivity contribution in [3.05, 3.63) is 0 Å². The zero-order valence-corrected chi connectivity index (χ0v) is 12.7. The lowest BCUT2D eigenvalue weighted by Crippen LogP contribution is -2.49. The van der Waals surface area contributed by atoms with Gasteiger partial charge in [-0.25, -0.2) is 0 Å². The molecule has 0 atom stereocenters. The molecule has 0 aliphatic carbocycles. The molecule has 106 valence electrons. The lowest BCUT2D eigenvalue weighted by molar-refractivity contribution is 0.0301. The molecule has 0 N–H and O–H groups in total. The summed E-state index contributed by atoms with van der Waals surface area (Å²) in [6.45, 7) is 11.4. The number of hydrogen-bond donors (Lipinski definition) is 0. The van der Waals surface area contributed by atoms with Crippen LogP contribution in [0.5, 0.6) is 0 Å². The van der Waals surface area contributed by atoms with Gasteiger partial charge in [0.25, 0.3) is 0 Å². The fourth-order valence-corrected chi connectivity index (χ4v) is 3.73. The SMILES string of the molecule is CC(C)CCCN1CCCC2(CCN(C)CC2)C1. The number of nitrogens with zero attached hydrogens (tertiary/aromatic N) is 2. The normalized spacial score (nSPS) is 26.0. The molecule has 2 heterocycles. The molecule has 0 aromatic heterocycles. The molecule has 0 unspecified atom stereocenters. The van der Waals surface area contributed by atoms with Gasteiger partial charge in [0, 0.05) is 6.54 Å². The van der Waals surface area contributed by atoms with E-state index >= 15 is 0 Å². The van der Waals surface area contributed by atoms with Crippen molar-refractivity contribution in [3.8, 4) is 0 Å². The van der Waals surface area contributed by atoms with Crippen molar-refractivity contribution < 1.29 is 0 Å². The van der Waals surface area contributed by atoms with Crippen LogP contribution in [0.2, 0.25) is 0 Å². The minimum Gasteiger partial charge on any atom is -0.306 e. The first-order valence-corrected chi connectivity index (χ1v) is 8.01. The van der Waals surface area contributed by atoms with Crippen LogP contribution in [0.1, 0.15) is 52.4 Å². The van der Waals surface area contributed by atoms with E-state index in [-0.39, 0.29) is 0 Å². The molecule has 2 nitrogen and oxygen atoms in total. The Morgan fingerprint density at radius 3 is 2.44 bits per heavy atom. The summed E-state index contributed by atoms with van der Waals surface area (Å²) in [5.41, 5.74) is 0.683. The summed E-state index contributed by atoms with van der Waals surface area (Å²) < 4.78 is 0. The lowest BCUT2D eigenvalue weighted by Gasteiger charge is -2.47. The first-order valence-electron chi connectivity index (χ1n) is 8.01.